The summed E-state index contributed by atoms with van der Waals surface area (Å²) in [4.78, 5) is 35.4. The highest BCUT2D eigenvalue weighted by Gasteiger charge is 2.21. The summed E-state index contributed by atoms with van der Waals surface area (Å²) in [5.41, 5.74) is 2.69. The minimum absolute atomic E-state index is 0.192. The highest BCUT2D eigenvalue weighted by Crippen LogP contribution is 2.32. The van der Waals surface area contributed by atoms with Gasteiger partial charge in [0.05, 0.1) is 0 Å². The van der Waals surface area contributed by atoms with Crippen molar-refractivity contribution in [1.29, 1.82) is 5.26 Å². The molecule has 1 heterocycles. The van der Waals surface area contributed by atoms with Crippen LogP contribution >= 0.6 is 0 Å². The second-order valence-corrected chi connectivity index (χ2v) is 7.54. The fourth-order valence-electron chi connectivity index (χ4n) is 3.80. The van der Waals surface area contributed by atoms with E-state index >= 15 is 0 Å². The Morgan fingerprint density at radius 3 is 2.60 bits per heavy atom. The summed E-state index contributed by atoms with van der Waals surface area (Å²) in [5, 5.41) is 13.9. The van der Waals surface area contributed by atoms with Gasteiger partial charge in [0.1, 0.15) is 11.6 Å². The number of urea groups is 1. The van der Waals surface area contributed by atoms with E-state index in [-0.39, 0.29) is 5.57 Å². The molecule has 0 bridgehead atoms. The lowest BCUT2D eigenvalue weighted by molar-refractivity contribution is -0.144. The van der Waals surface area contributed by atoms with E-state index in [1.54, 1.807) is 0 Å². The van der Waals surface area contributed by atoms with Crippen LogP contribution in [0.15, 0.2) is 11.6 Å². The van der Waals surface area contributed by atoms with E-state index in [1.165, 1.54) is 25.3 Å². The molecule has 1 aliphatic rings. The molecule has 0 spiro atoms. The van der Waals surface area contributed by atoms with Crippen molar-refractivity contribution in [3.63, 3.8) is 0 Å². The summed E-state index contributed by atoms with van der Waals surface area (Å²) in [6.45, 7) is 5.68. The van der Waals surface area contributed by atoms with Gasteiger partial charge in [-0.05, 0) is 50.8 Å². The molecule has 1 fully saturated rings. The van der Waals surface area contributed by atoms with Gasteiger partial charge in [-0.1, -0.05) is 26.2 Å². The zero-order valence-corrected chi connectivity index (χ0v) is 17.9. The van der Waals surface area contributed by atoms with Crippen molar-refractivity contribution in [2.75, 3.05) is 13.2 Å². The molecule has 0 radical (unpaired) electrons. The number of rotatable bonds is 7. The zero-order valence-electron chi connectivity index (χ0n) is 17.9. The quantitative estimate of drug-likeness (QED) is 0.404. The second kappa shape index (κ2) is 11.2. The maximum absolute atomic E-state index is 12.2. The number of carbonyl (C=O) groups is 3. The molecule has 3 amide bonds. The molecule has 2 N–H and O–H groups in total. The Morgan fingerprint density at radius 1 is 1.27 bits per heavy atom. The van der Waals surface area contributed by atoms with Crippen LogP contribution in [0.2, 0.25) is 0 Å². The molecule has 1 saturated carbocycles. The first-order chi connectivity index (χ1) is 14.4. The highest BCUT2D eigenvalue weighted by atomic mass is 16.5. The molecule has 0 saturated heterocycles. The molecule has 0 aliphatic heterocycles. The summed E-state index contributed by atoms with van der Waals surface area (Å²) in [6.07, 6.45) is 8.18. The lowest BCUT2D eigenvalue weighted by Gasteiger charge is -2.26. The van der Waals surface area contributed by atoms with Gasteiger partial charge in [0.25, 0.3) is 5.91 Å². The lowest BCUT2D eigenvalue weighted by Crippen LogP contribution is -2.41. The van der Waals surface area contributed by atoms with E-state index in [4.69, 9.17) is 4.74 Å². The maximum Gasteiger partial charge on any atom is 0.349 e. The largest absolute Gasteiger partial charge is 0.451 e. The number of nitrogens with one attached hydrogen (secondary N) is 2. The predicted molar refractivity (Wildman–Crippen MR) is 112 cm³/mol. The molecule has 0 atom stereocenters. The van der Waals surface area contributed by atoms with Crippen molar-refractivity contribution < 1.29 is 19.1 Å². The predicted octanol–water partition coefficient (Wildman–Crippen LogP) is 3.30. The third-order valence-electron chi connectivity index (χ3n) is 5.23. The monoisotopic (exact) mass is 414 g/mol. The number of hydrogen-bond acceptors (Lipinski definition) is 5. The molecule has 0 aromatic carbocycles. The van der Waals surface area contributed by atoms with Gasteiger partial charge in [-0.15, -0.1) is 0 Å². The average molecular weight is 415 g/mol. The summed E-state index contributed by atoms with van der Waals surface area (Å²) in [6, 6.07) is 3.60. The van der Waals surface area contributed by atoms with Crippen LogP contribution in [0.25, 0.3) is 6.08 Å². The number of nitriles is 1. The third-order valence-corrected chi connectivity index (χ3v) is 5.23. The Hall–Kier alpha value is -3.08. The molecular weight excluding hydrogens is 384 g/mol. The number of carbonyl (C=O) groups excluding carboxylic acids is 3. The topological polar surface area (TPSA) is 113 Å². The Bertz CT molecular complexity index is 857. The van der Waals surface area contributed by atoms with E-state index in [0.717, 1.165) is 36.2 Å². The van der Waals surface area contributed by atoms with E-state index in [2.05, 4.69) is 15.2 Å². The summed E-state index contributed by atoms with van der Waals surface area (Å²) in [5.74, 6) is -1.66. The molecule has 0 unspecified atom stereocenters. The van der Waals surface area contributed by atoms with Crippen molar-refractivity contribution in [3.05, 3.63) is 28.6 Å². The van der Waals surface area contributed by atoms with Crippen LogP contribution in [0.5, 0.6) is 0 Å². The van der Waals surface area contributed by atoms with Gasteiger partial charge in [-0.25, -0.2) is 9.59 Å². The number of ether oxygens (including phenoxy) is 1. The van der Waals surface area contributed by atoms with Gasteiger partial charge >= 0.3 is 12.0 Å². The van der Waals surface area contributed by atoms with Gasteiger partial charge in [-0.3, -0.25) is 10.1 Å². The first-order valence-electron chi connectivity index (χ1n) is 10.4. The normalized spacial score (nSPS) is 14.7. The zero-order chi connectivity index (χ0) is 22.1. The Labute approximate surface area is 177 Å². The summed E-state index contributed by atoms with van der Waals surface area (Å²) < 4.78 is 7.18. The van der Waals surface area contributed by atoms with Crippen molar-refractivity contribution in [1.82, 2.24) is 15.2 Å². The van der Waals surface area contributed by atoms with Gasteiger partial charge < -0.3 is 14.6 Å². The van der Waals surface area contributed by atoms with Crippen LogP contribution < -0.4 is 10.6 Å². The van der Waals surface area contributed by atoms with E-state index in [9.17, 15) is 19.6 Å². The van der Waals surface area contributed by atoms with Gasteiger partial charge in [0.2, 0.25) is 0 Å². The van der Waals surface area contributed by atoms with Crippen LogP contribution in [-0.2, 0) is 14.3 Å². The number of esters is 1. The standard InChI is InChI=1S/C22H30N4O4/c1-4-10-24-22(29)25-20(27)14-30-21(28)18(13-23)12-17-11-15(2)26(16(17)3)19-8-6-5-7-9-19/h11-12,19H,4-10,14H2,1-3H3,(H2,24,25,27,29)/b18-12+. The first kappa shape index (κ1) is 23.2. The fraction of sp³-hybridized carbons (Fsp3) is 0.545. The van der Waals surface area contributed by atoms with Crippen LogP contribution in [-0.4, -0.2) is 35.6 Å². The SMILES string of the molecule is CCCNC(=O)NC(=O)COC(=O)/C(C#N)=C/c1cc(C)n(C2CCCCC2)c1C. The van der Waals surface area contributed by atoms with Crippen molar-refractivity contribution in [2.45, 2.75) is 65.3 Å². The molecule has 1 aromatic rings. The fourth-order valence-corrected chi connectivity index (χ4v) is 3.80. The first-order valence-corrected chi connectivity index (χ1v) is 10.4. The molecule has 8 nitrogen and oxygen atoms in total. The highest BCUT2D eigenvalue weighted by molar-refractivity contribution is 6.00. The Morgan fingerprint density at radius 2 is 1.97 bits per heavy atom. The Balaban J connectivity index is 2.03. The number of aryl methyl sites for hydroxylation is 1. The van der Waals surface area contributed by atoms with Crippen LogP contribution in [0, 0.1) is 25.2 Å². The van der Waals surface area contributed by atoms with Crippen molar-refractivity contribution in [3.8, 4) is 6.07 Å². The van der Waals surface area contributed by atoms with Crippen LogP contribution in [0.1, 0.15) is 68.4 Å². The minimum Gasteiger partial charge on any atom is -0.451 e. The van der Waals surface area contributed by atoms with E-state index in [0.29, 0.717) is 12.6 Å². The summed E-state index contributed by atoms with van der Waals surface area (Å²) >= 11 is 0. The van der Waals surface area contributed by atoms with Crippen LogP contribution in [0.3, 0.4) is 0 Å². The molecule has 1 aromatic heterocycles. The number of amides is 3. The van der Waals surface area contributed by atoms with E-state index in [1.807, 2.05) is 32.9 Å². The van der Waals surface area contributed by atoms with Gasteiger partial charge in [-0.2, -0.15) is 5.26 Å². The number of imide groups is 1. The van der Waals surface area contributed by atoms with Gasteiger partial charge in [0.15, 0.2) is 6.61 Å². The number of nitrogens with zero attached hydrogens (tertiary/aromatic N) is 2. The second-order valence-electron chi connectivity index (χ2n) is 7.54. The van der Waals surface area contributed by atoms with Crippen molar-refractivity contribution in [2.24, 2.45) is 0 Å². The molecule has 30 heavy (non-hydrogen) atoms. The number of aromatic nitrogens is 1. The van der Waals surface area contributed by atoms with Gasteiger partial charge in [0, 0.05) is 24.0 Å². The maximum atomic E-state index is 12.2. The molecule has 1 aliphatic carbocycles. The minimum atomic E-state index is -0.899. The molecule has 2 rings (SSSR count). The molecule has 8 heteroatoms. The summed E-state index contributed by atoms with van der Waals surface area (Å²) in [7, 11) is 0. The van der Waals surface area contributed by atoms with E-state index < -0.39 is 24.5 Å². The smallest absolute Gasteiger partial charge is 0.349 e. The number of hydrogen-bond donors (Lipinski definition) is 2. The van der Waals surface area contributed by atoms with Crippen LogP contribution in [0.4, 0.5) is 4.79 Å². The lowest BCUT2D eigenvalue weighted by atomic mass is 9.95. The molecular formula is C22H30N4O4. The molecule has 162 valence electrons. The average Bonchev–Trinajstić information content (AvgIpc) is 3.02. The Kier molecular flexibility index (Phi) is 8.66. The van der Waals surface area contributed by atoms with Crippen molar-refractivity contribution >= 4 is 24.0 Å². The third kappa shape index (κ3) is 6.21.